The fourth-order valence-electron chi connectivity index (χ4n) is 3.21. The SMILES string of the molecule is CN1C(=O)N(CCCCOc2c(N)cc(C(O)(C(F)(F)F)C(F)(F)F)cc2O)C(=O)C1(C)C. The van der Waals surface area contributed by atoms with Crippen LogP contribution in [0.1, 0.15) is 32.3 Å². The molecule has 1 aromatic carbocycles. The smallest absolute Gasteiger partial charge is 0.430 e. The number of hydrogen-bond acceptors (Lipinski definition) is 6. The molecule has 1 aliphatic rings. The maximum absolute atomic E-state index is 13.0. The van der Waals surface area contributed by atoms with Gasteiger partial charge in [-0.25, -0.2) is 4.79 Å². The molecule has 0 unspecified atom stereocenters. The Hall–Kier alpha value is -2.90. The van der Waals surface area contributed by atoms with Gasteiger partial charge in [0.25, 0.3) is 11.5 Å². The average Bonchev–Trinajstić information content (AvgIpc) is 2.81. The van der Waals surface area contributed by atoms with E-state index in [0.29, 0.717) is 0 Å². The van der Waals surface area contributed by atoms with Crippen molar-refractivity contribution in [3.63, 3.8) is 0 Å². The Balaban J connectivity index is 2.06. The van der Waals surface area contributed by atoms with Gasteiger partial charge in [0.2, 0.25) is 0 Å². The first-order valence-electron chi connectivity index (χ1n) is 9.58. The van der Waals surface area contributed by atoms with Crippen molar-refractivity contribution in [2.75, 3.05) is 25.9 Å². The number of amides is 3. The van der Waals surface area contributed by atoms with E-state index in [0.717, 1.165) is 4.90 Å². The minimum Gasteiger partial charge on any atom is -0.504 e. The van der Waals surface area contributed by atoms with Gasteiger partial charge in [-0.3, -0.25) is 9.69 Å². The number of phenolic OH excluding ortho intramolecular Hbond substituents is 1. The van der Waals surface area contributed by atoms with Crippen LogP contribution in [0.5, 0.6) is 11.5 Å². The predicted octanol–water partition coefficient (Wildman–Crippen LogP) is 3.12. The Morgan fingerprint density at radius 3 is 2.03 bits per heavy atom. The largest absolute Gasteiger partial charge is 0.504 e. The number of rotatable bonds is 7. The third-order valence-corrected chi connectivity index (χ3v) is 5.48. The zero-order valence-electron chi connectivity index (χ0n) is 17.8. The van der Waals surface area contributed by atoms with Gasteiger partial charge in [-0.2, -0.15) is 26.3 Å². The number of hydrogen-bond donors (Lipinski definition) is 3. The predicted molar refractivity (Wildman–Crippen MR) is 102 cm³/mol. The van der Waals surface area contributed by atoms with E-state index < -0.39 is 58.2 Å². The summed E-state index contributed by atoms with van der Waals surface area (Å²) in [6.07, 6.45) is -11.8. The molecule has 4 N–H and O–H groups in total. The highest BCUT2D eigenvalue weighted by Gasteiger charge is 2.71. The molecule has 0 radical (unpaired) electrons. The van der Waals surface area contributed by atoms with Gasteiger partial charge in [-0.15, -0.1) is 0 Å². The van der Waals surface area contributed by atoms with Crippen LogP contribution in [0.2, 0.25) is 0 Å². The van der Waals surface area contributed by atoms with E-state index in [1.54, 1.807) is 13.8 Å². The zero-order chi connectivity index (χ0) is 25.6. The van der Waals surface area contributed by atoms with Crippen molar-refractivity contribution in [3.8, 4) is 11.5 Å². The maximum atomic E-state index is 13.0. The lowest BCUT2D eigenvalue weighted by Crippen LogP contribution is -2.53. The van der Waals surface area contributed by atoms with E-state index in [1.807, 2.05) is 0 Å². The highest BCUT2D eigenvalue weighted by atomic mass is 19.4. The third-order valence-electron chi connectivity index (χ3n) is 5.48. The fourth-order valence-corrected chi connectivity index (χ4v) is 3.21. The number of phenols is 1. The van der Waals surface area contributed by atoms with Crippen LogP contribution in [0.15, 0.2) is 12.1 Å². The standard InChI is InChI=1S/C19H23F6N3O5/c1-16(2)14(30)28(15(31)27(16)3)6-4-5-7-33-13-11(26)8-10(9-12(13)29)17(32,18(20,21)22)19(23,24)25/h8-9,29,32H,4-7,26H2,1-3H3. The molecule has 1 saturated heterocycles. The van der Waals surface area contributed by atoms with Crippen LogP contribution in [0.25, 0.3) is 0 Å². The van der Waals surface area contributed by atoms with Crippen LogP contribution in [0.4, 0.5) is 36.8 Å². The van der Waals surface area contributed by atoms with E-state index in [1.165, 1.54) is 11.9 Å². The number of alkyl halides is 6. The number of carbonyl (C=O) groups is 2. The van der Waals surface area contributed by atoms with Crippen molar-refractivity contribution in [2.45, 2.75) is 50.2 Å². The number of carbonyl (C=O) groups excluding carboxylic acids is 2. The monoisotopic (exact) mass is 487 g/mol. The summed E-state index contributed by atoms with van der Waals surface area (Å²) in [4.78, 5) is 26.7. The van der Waals surface area contributed by atoms with E-state index in [2.05, 4.69) is 0 Å². The highest BCUT2D eigenvalue weighted by molar-refractivity contribution is 6.06. The number of ether oxygens (including phenoxy) is 1. The second-order valence-electron chi connectivity index (χ2n) is 8.03. The van der Waals surface area contributed by atoms with Gasteiger partial charge in [-0.05, 0) is 38.8 Å². The Kier molecular flexibility index (Phi) is 6.76. The first kappa shape index (κ1) is 26.4. The first-order valence-corrected chi connectivity index (χ1v) is 9.58. The molecule has 2 rings (SSSR count). The third kappa shape index (κ3) is 4.48. The van der Waals surface area contributed by atoms with Crippen molar-refractivity contribution in [3.05, 3.63) is 17.7 Å². The Morgan fingerprint density at radius 1 is 1.06 bits per heavy atom. The minimum absolute atomic E-state index is 0.0550. The lowest BCUT2D eigenvalue weighted by atomic mass is 9.91. The first-order chi connectivity index (χ1) is 14.9. The summed E-state index contributed by atoms with van der Waals surface area (Å²) in [7, 11) is 1.48. The molecule has 8 nitrogen and oxygen atoms in total. The Bertz CT molecular complexity index is 894. The Morgan fingerprint density at radius 2 is 1.61 bits per heavy atom. The lowest BCUT2D eigenvalue weighted by Gasteiger charge is -2.33. The van der Waals surface area contributed by atoms with Crippen molar-refractivity contribution in [2.24, 2.45) is 0 Å². The van der Waals surface area contributed by atoms with Gasteiger partial charge < -0.3 is 25.6 Å². The second kappa shape index (κ2) is 8.47. The van der Waals surface area contributed by atoms with Crippen molar-refractivity contribution >= 4 is 17.6 Å². The number of nitrogen functional groups attached to an aromatic ring is 1. The topological polar surface area (TPSA) is 116 Å². The van der Waals surface area contributed by atoms with Crippen molar-refractivity contribution in [1.82, 2.24) is 9.80 Å². The van der Waals surface area contributed by atoms with E-state index in [4.69, 9.17) is 10.5 Å². The molecular weight excluding hydrogens is 464 g/mol. The van der Waals surface area contributed by atoms with Crippen LogP contribution >= 0.6 is 0 Å². The van der Waals surface area contributed by atoms with E-state index in [9.17, 15) is 46.1 Å². The summed E-state index contributed by atoms with van der Waals surface area (Å²) < 4.78 is 83.3. The fraction of sp³-hybridized carbons (Fsp3) is 0.579. The Labute approximate surface area is 184 Å². The lowest BCUT2D eigenvalue weighted by molar-refractivity contribution is -0.376. The molecule has 1 heterocycles. The number of nitrogens with two attached hydrogens (primary N) is 1. The van der Waals surface area contributed by atoms with Gasteiger partial charge in [-0.1, -0.05) is 0 Å². The number of halogens is 6. The highest BCUT2D eigenvalue weighted by Crippen LogP contribution is 2.52. The summed E-state index contributed by atoms with van der Waals surface area (Å²) >= 11 is 0. The van der Waals surface area contributed by atoms with Gasteiger partial charge in [0, 0.05) is 19.2 Å². The molecule has 0 spiro atoms. The molecule has 1 aromatic rings. The van der Waals surface area contributed by atoms with Gasteiger partial charge >= 0.3 is 18.4 Å². The normalized spacial score (nSPS) is 17.2. The number of anilines is 1. The molecule has 1 fully saturated rings. The van der Waals surface area contributed by atoms with Crippen molar-refractivity contribution < 1.29 is 50.9 Å². The molecular formula is C19H23F6N3O5. The number of likely N-dealkylation sites (N-methyl/N-ethyl adjacent to an activating group) is 1. The summed E-state index contributed by atoms with van der Waals surface area (Å²) in [5.41, 5.74) is -3.26. The van der Waals surface area contributed by atoms with Gasteiger partial charge in [0.15, 0.2) is 11.5 Å². The number of aliphatic hydroxyl groups is 1. The molecule has 1 aliphatic heterocycles. The number of aromatic hydroxyl groups is 1. The number of benzene rings is 1. The zero-order valence-corrected chi connectivity index (χ0v) is 17.8. The summed E-state index contributed by atoms with van der Waals surface area (Å²) in [6, 6.07) is -0.188. The van der Waals surface area contributed by atoms with Crippen LogP contribution in [0.3, 0.4) is 0 Å². The molecule has 186 valence electrons. The minimum atomic E-state index is -6.14. The number of urea groups is 1. The maximum Gasteiger partial charge on any atom is 0.430 e. The molecule has 14 heteroatoms. The molecule has 3 amide bonds. The molecule has 0 aromatic heterocycles. The number of unbranched alkanes of at least 4 members (excludes halogenated alkanes) is 1. The molecule has 0 saturated carbocycles. The molecule has 0 atom stereocenters. The molecule has 0 aliphatic carbocycles. The molecule has 0 bridgehead atoms. The van der Waals surface area contributed by atoms with Gasteiger partial charge in [0.1, 0.15) is 5.54 Å². The number of nitrogens with zero attached hydrogens (tertiary/aromatic N) is 2. The van der Waals surface area contributed by atoms with E-state index >= 15 is 0 Å². The average molecular weight is 487 g/mol. The summed E-state index contributed by atoms with van der Waals surface area (Å²) in [6.45, 7) is 3.04. The second-order valence-corrected chi connectivity index (χ2v) is 8.03. The van der Waals surface area contributed by atoms with E-state index in [-0.39, 0.29) is 38.1 Å². The summed E-state index contributed by atoms with van der Waals surface area (Å²) in [5.74, 6) is -2.10. The number of imide groups is 1. The van der Waals surface area contributed by atoms with Crippen molar-refractivity contribution in [1.29, 1.82) is 0 Å². The van der Waals surface area contributed by atoms with Gasteiger partial charge in [0.05, 0.1) is 12.3 Å². The molecule has 33 heavy (non-hydrogen) atoms. The van der Waals surface area contributed by atoms with Crippen LogP contribution in [-0.2, 0) is 10.4 Å². The van der Waals surface area contributed by atoms with Crippen LogP contribution < -0.4 is 10.5 Å². The van der Waals surface area contributed by atoms with Crippen LogP contribution in [0, 0.1) is 0 Å². The summed E-state index contributed by atoms with van der Waals surface area (Å²) in [5, 5.41) is 19.3. The quantitative estimate of drug-likeness (QED) is 0.236. The van der Waals surface area contributed by atoms with Crippen LogP contribution in [-0.4, -0.2) is 70.0 Å².